The molecule has 1 amide bonds. The zero-order valence-corrected chi connectivity index (χ0v) is 14.1. The van der Waals surface area contributed by atoms with E-state index in [4.69, 9.17) is 0 Å². The van der Waals surface area contributed by atoms with Crippen LogP contribution in [0, 0.1) is 6.92 Å². The Hall–Kier alpha value is -3.61. The number of fused-ring (bicyclic) bond motifs is 1. The minimum Gasteiger partial charge on any atom is -0.347 e. The lowest BCUT2D eigenvalue weighted by Gasteiger charge is -2.07. The van der Waals surface area contributed by atoms with Gasteiger partial charge in [-0.3, -0.25) is 14.3 Å². The average molecular weight is 344 g/mol. The van der Waals surface area contributed by atoms with Crippen LogP contribution in [0.25, 0.3) is 16.9 Å². The Morgan fingerprint density at radius 3 is 2.65 bits per heavy atom. The van der Waals surface area contributed by atoms with Crippen LogP contribution in [0.5, 0.6) is 0 Å². The van der Waals surface area contributed by atoms with Crippen LogP contribution in [-0.4, -0.2) is 30.4 Å². The number of imidazole rings is 1. The minimum atomic E-state index is -0.262. The van der Waals surface area contributed by atoms with E-state index >= 15 is 0 Å². The molecule has 0 radical (unpaired) electrons. The molecule has 0 spiro atoms. The number of carbonyl (C=O) groups excluding carboxylic acids is 1. The molecule has 7 heteroatoms. The van der Waals surface area contributed by atoms with Gasteiger partial charge >= 0.3 is 0 Å². The third kappa shape index (κ3) is 3.14. The molecular formula is C19H16N6O. The summed E-state index contributed by atoms with van der Waals surface area (Å²) in [6.45, 7) is 2.19. The molecule has 0 unspecified atom stereocenters. The van der Waals surface area contributed by atoms with E-state index in [0.29, 0.717) is 12.2 Å². The first-order valence-electron chi connectivity index (χ1n) is 8.15. The molecule has 0 fully saturated rings. The normalized spacial score (nSPS) is 10.8. The second-order valence-corrected chi connectivity index (χ2v) is 5.85. The van der Waals surface area contributed by atoms with Gasteiger partial charge < -0.3 is 5.32 Å². The number of nitrogens with one attached hydrogen (secondary N) is 1. The molecule has 0 saturated carbocycles. The van der Waals surface area contributed by atoms with Gasteiger partial charge in [0, 0.05) is 18.9 Å². The summed E-state index contributed by atoms with van der Waals surface area (Å²) in [5.41, 5.74) is 3.88. The van der Waals surface area contributed by atoms with Gasteiger partial charge in [0.05, 0.1) is 22.9 Å². The summed E-state index contributed by atoms with van der Waals surface area (Å²) in [7, 11) is 0. The molecule has 0 aliphatic heterocycles. The number of para-hydroxylation sites is 2. The van der Waals surface area contributed by atoms with Crippen molar-refractivity contribution in [3.8, 4) is 5.82 Å². The second-order valence-electron chi connectivity index (χ2n) is 5.85. The predicted molar refractivity (Wildman–Crippen MR) is 96.8 cm³/mol. The van der Waals surface area contributed by atoms with Gasteiger partial charge in [0.2, 0.25) is 0 Å². The fourth-order valence-electron chi connectivity index (χ4n) is 2.59. The highest BCUT2D eigenvalue weighted by molar-refractivity contribution is 5.91. The van der Waals surface area contributed by atoms with Crippen LogP contribution in [0.4, 0.5) is 0 Å². The first-order valence-corrected chi connectivity index (χ1v) is 8.15. The lowest BCUT2D eigenvalue weighted by molar-refractivity contribution is 0.0945. The fraction of sp³-hybridized carbons (Fsp3) is 0.105. The van der Waals surface area contributed by atoms with Gasteiger partial charge in [0.25, 0.3) is 5.91 Å². The number of carbonyl (C=O) groups is 1. The summed E-state index contributed by atoms with van der Waals surface area (Å²) in [6.07, 6.45) is 6.53. The van der Waals surface area contributed by atoms with Gasteiger partial charge in [0.15, 0.2) is 0 Å². The SMILES string of the molecule is Cc1cnc(C(=O)NCc2ccc(-n3cnc4ccccc43)nc2)cn1. The third-order valence-electron chi connectivity index (χ3n) is 3.98. The summed E-state index contributed by atoms with van der Waals surface area (Å²) in [5.74, 6) is 0.514. The average Bonchev–Trinajstić information content (AvgIpc) is 3.11. The van der Waals surface area contributed by atoms with E-state index in [9.17, 15) is 4.79 Å². The second kappa shape index (κ2) is 6.72. The minimum absolute atomic E-state index is 0.262. The molecule has 1 N–H and O–H groups in total. The van der Waals surface area contributed by atoms with Crippen LogP contribution in [0.15, 0.2) is 61.3 Å². The highest BCUT2D eigenvalue weighted by atomic mass is 16.1. The van der Waals surface area contributed by atoms with Crippen molar-refractivity contribution in [2.24, 2.45) is 0 Å². The lowest BCUT2D eigenvalue weighted by Crippen LogP contribution is -2.24. The van der Waals surface area contributed by atoms with Crippen molar-refractivity contribution in [3.05, 3.63) is 78.3 Å². The number of aryl methyl sites for hydroxylation is 1. The van der Waals surface area contributed by atoms with Crippen LogP contribution < -0.4 is 5.32 Å². The number of rotatable bonds is 4. The van der Waals surface area contributed by atoms with Gasteiger partial charge in [-0.1, -0.05) is 18.2 Å². The highest BCUT2D eigenvalue weighted by Crippen LogP contribution is 2.16. The van der Waals surface area contributed by atoms with Gasteiger partial charge in [-0.2, -0.15) is 0 Å². The first-order chi connectivity index (χ1) is 12.7. The van der Waals surface area contributed by atoms with Crippen molar-refractivity contribution in [3.63, 3.8) is 0 Å². The molecule has 4 aromatic rings. The molecule has 128 valence electrons. The molecule has 7 nitrogen and oxygen atoms in total. The van der Waals surface area contributed by atoms with Crippen molar-refractivity contribution in [2.45, 2.75) is 13.5 Å². The largest absolute Gasteiger partial charge is 0.347 e. The molecule has 1 aromatic carbocycles. The Kier molecular flexibility index (Phi) is 4.10. The fourth-order valence-corrected chi connectivity index (χ4v) is 2.59. The van der Waals surface area contributed by atoms with Crippen LogP contribution >= 0.6 is 0 Å². The van der Waals surface area contributed by atoms with Gasteiger partial charge in [-0.15, -0.1) is 0 Å². The molecule has 0 atom stereocenters. The van der Waals surface area contributed by atoms with Gasteiger partial charge in [-0.25, -0.2) is 15.0 Å². The van der Waals surface area contributed by atoms with Crippen molar-refractivity contribution in [1.82, 2.24) is 29.8 Å². The zero-order chi connectivity index (χ0) is 17.9. The highest BCUT2D eigenvalue weighted by Gasteiger charge is 2.08. The maximum Gasteiger partial charge on any atom is 0.271 e. The van der Waals surface area contributed by atoms with Crippen molar-refractivity contribution >= 4 is 16.9 Å². The van der Waals surface area contributed by atoms with Crippen molar-refractivity contribution < 1.29 is 4.79 Å². The van der Waals surface area contributed by atoms with E-state index in [2.05, 4.69) is 25.3 Å². The molecule has 26 heavy (non-hydrogen) atoms. The molecule has 3 aromatic heterocycles. The summed E-state index contributed by atoms with van der Waals surface area (Å²) < 4.78 is 1.93. The first kappa shape index (κ1) is 15.9. The number of hydrogen-bond donors (Lipinski definition) is 1. The van der Waals surface area contributed by atoms with Crippen molar-refractivity contribution in [2.75, 3.05) is 0 Å². The number of aromatic nitrogens is 5. The number of nitrogens with zero attached hydrogens (tertiary/aromatic N) is 5. The van der Waals surface area contributed by atoms with Gasteiger partial charge in [-0.05, 0) is 30.7 Å². The van der Waals surface area contributed by atoms with E-state index in [1.807, 2.05) is 47.9 Å². The van der Waals surface area contributed by atoms with Crippen molar-refractivity contribution in [1.29, 1.82) is 0 Å². The molecule has 0 saturated heterocycles. The van der Waals surface area contributed by atoms with E-state index in [-0.39, 0.29) is 5.91 Å². The quantitative estimate of drug-likeness (QED) is 0.614. The number of benzene rings is 1. The Bertz CT molecular complexity index is 1050. The van der Waals surface area contributed by atoms with Crippen LogP contribution in [0.1, 0.15) is 21.7 Å². The molecular weight excluding hydrogens is 328 g/mol. The Balaban J connectivity index is 1.46. The Morgan fingerprint density at radius 2 is 1.88 bits per heavy atom. The standard InChI is InChI=1S/C19H16N6O/c1-13-8-21-16(11-20-13)19(26)23-10-14-6-7-18(22-9-14)25-12-24-15-4-2-3-5-17(15)25/h2-9,11-12H,10H2,1H3,(H,23,26). The Morgan fingerprint density at radius 1 is 1.00 bits per heavy atom. The summed E-state index contributed by atoms with van der Waals surface area (Å²) in [5, 5.41) is 2.82. The maximum absolute atomic E-state index is 12.1. The zero-order valence-electron chi connectivity index (χ0n) is 14.1. The van der Waals surface area contributed by atoms with E-state index in [1.54, 1.807) is 18.7 Å². The molecule has 3 heterocycles. The number of hydrogen-bond acceptors (Lipinski definition) is 5. The Labute approximate surface area is 149 Å². The van der Waals surface area contributed by atoms with Gasteiger partial charge in [0.1, 0.15) is 17.8 Å². The molecule has 0 bridgehead atoms. The van der Waals surface area contributed by atoms with E-state index in [1.165, 1.54) is 6.20 Å². The summed E-state index contributed by atoms with van der Waals surface area (Å²) >= 11 is 0. The molecule has 4 rings (SSSR count). The molecule has 0 aliphatic rings. The predicted octanol–water partition coefficient (Wildman–Crippen LogP) is 2.45. The third-order valence-corrected chi connectivity index (χ3v) is 3.98. The molecule has 0 aliphatic carbocycles. The van der Waals surface area contributed by atoms with E-state index < -0.39 is 0 Å². The number of pyridine rings is 1. The van der Waals surface area contributed by atoms with E-state index in [0.717, 1.165) is 28.1 Å². The van der Waals surface area contributed by atoms with Crippen LogP contribution in [0.2, 0.25) is 0 Å². The van der Waals surface area contributed by atoms with Crippen LogP contribution in [0.3, 0.4) is 0 Å². The number of amides is 1. The monoisotopic (exact) mass is 344 g/mol. The maximum atomic E-state index is 12.1. The lowest BCUT2D eigenvalue weighted by atomic mass is 10.2. The summed E-state index contributed by atoms with van der Waals surface area (Å²) in [4.78, 5) is 29.1. The van der Waals surface area contributed by atoms with Crippen LogP contribution in [-0.2, 0) is 6.54 Å². The topological polar surface area (TPSA) is 85.6 Å². The summed E-state index contributed by atoms with van der Waals surface area (Å²) in [6, 6.07) is 11.7. The smallest absolute Gasteiger partial charge is 0.271 e.